The Morgan fingerprint density at radius 3 is 2.79 bits per heavy atom. The first-order valence-corrected chi connectivity index (χ1v) is 10.3. The van der Waals surface area contributed by atoms with Crippen LogP contribution in [-0.2, 0) is 6.54 Å². The highest BCUT2D eigenvalue weighted by Gasteiger charge is 2.22. The second-order valence-electron chi connectivity index (χ2n) is 7.29. The third-order valence-corrected chi connectivity index (χ3v) is 4.74. The van der Waals surface area contributed by atoms with Crippen LogP contribution in [0.3, 0.4) is 0 Å². The summed E-state index contributed by atoms with van der Waals surface area (Å²) in [5.41, 5.74) is 1.93. The van der Waals surface area contributed by atoms with Crippen LogP contribution in [0.4, 0.5) is 5.69 Å². The lowest BCUT2D eigenvalue weighted by molar-refractivity contribution is 0.288. The maximum absolute atomic E-state index is 5.76. The molecule has 0 spiro atoms. The van der Waals surface area contributed by atoms with Gasteiger partial charge in [-0.05, 0) is 43.4 Å². The van der Waals surface area contributed by atoms with Crippen LogP contribution in [-0.4, -0.2) is 37.3 Å². The van der Waals surface area contributed by atoms with E-state index in [4.69, 9.17) is 14.2 Å². The molecule has 1 saturated carbocycles. The third kappa shape index (κ3) is 5.76. The quantitative estimate of drug-likeness (QED) is 0.550. The van der Waals surface area contributed by atoms with Gasteiger partial charge in [-0.25, -0.2) is 9.98 Å². The molecule has 7 heteroatoms. The van der Waals surface area contributed by atoms with Gasteiger partial charge in [0.1, 0.15) is 0 Å². The zero-order chi connectivity index (χ0) is 19.9. The van der Waals surface area contributed by atoms with E-state index in [0.29, 0.717) is 31.6 Å². The van der Waals surface area contributed by atoms with Gasteiger partial charge in [-0.3, -0.25) is 0 Å². The van der Waals surface area contributed by atoms with Gasteiger partial charge in [0.05, 0.1) is 26.4 Å². The van der Waals surface area contributed by atoms with Crippen LogP contribution >= 0.6 is 0 Å². The molecule has 0 atom stereocenters. The number of hydrogen-bond donors (Lipinski definition) is 2. The van der Waals surface area contributed by atoms with Crippen molar-refractivity contribution in [1.29, 1.82) is 0 Å². The van der Waals surface area contributed by atoms with Gasteiger partial charge in [-0.1, -0.05) is 6.07 Å². The molecule has 154 valence electrons. The molecule has 7 nitrogen and oxygen atoms in total. The summed E-state index contributed by atoms with van der Waals surface area (Å²) in [6, 6.07) is 9.76. The van der Waals surface area contributed by atoms with E-state index >= 15 is 0 Å². The number of fused-ring (bicyclic) bond motifs is 1. The van der Waals surface area contributed by atoms with Crippen molar-refractivity contribution in [3.05, 3.63) is 42.1 Å². The summed E-state index contributed by atoms with van der Waals surface area (Å²) in [5.74, 6) is 3.65. The summed E-state index contributed by atoms with van der Waals surface area (Å²) in [4.78, 5) is 9.05. The van der Waals surface area contributed by atoms with Gasteiger partial charge in [-0.15, -0.1) is 0 Å². The van der Waals surface area contributed by atoms with Gasteiger partial charge >= 0.3 is 0 Å². The van der Waals surface area contributed by atoms with E-state index in [9.17, 15) is 0 Å². The smallest absolute Gasteiger partial charge is 0.213 e. The fourth-order valence-electron chi connectivity index (χ4n) is 2.93. The normalized spacial score (nSPS) is 16.1. The van der Waals surface area contributed by atoms with Crippen molar-refractivity contribution in [2.75, 3.05) is 31.7 Å². The molecule has 0 amide bonds. The Morgan fingerprint density at radius 1 is 1.17 bits per heavy atom. The Hall–Kier alpha value is -2.96. The van der Waals surface area contributed by atoms with Gasteiger partial charge < -0.3 is 24.8 Å². The Bertz CT molecular complexity index is 834. The Morgan fingerprint density at radius 2 is 2.03 bits per heavy atom. The number of pyridine rings is 1. The van der Waals surface area contributed by atoms with Crippen molar-refractivity contribution in [2.45, 2.75) is 32.7 Å². The summed E-state index contributed by atoms with van der Waals surface area (Å²) >= 11 is 0. The number of benzene rings is 1. The Balaban J connectivity index is 1.37. The largest absolute Gasteiger partial charge is 0.490 e. The van der Waals surface area contributed by atoms with Gasteiger partial charge in [-0.2, -0.15) is 0 Å². The molecule has 29 heavy (non-hydrogen) atoms. The molecule has 1 aliphatic heterocycles. The molecule has 0 bridgehead atoms. The monoisotopic (exact) mass is 396 g/mol. The minimum absolute atomic E-state index is 0.524. The molecule has 1 aromatic heterocycles. The van der Waals surface area contributed by atoms with Crippen LogP contribution in [0.5, 0.6) is 17.4 Å². The van der Waals surface area contributed by atoms with Crippen LogP contribution in [0.15, 0.2) is 41.5 Å². The van der Waals surface area contributed by atoms with Crippen molar-refractivity contribution in [3.8, 4) is 17.4 Å². The molecule has 2 N–H and O–H groups in total. The standard InChI is InChI=1S/C22H28N4O3/c1-2-23-22(26-18-7-8-19-20(12-18)28-11-3-10-27-19)25-14-17-6-9-21(24-13-17)29-15-16-4-5-16/h6-9,12-13,16H,2-5,10-11,14-15H2,1H3,(H2,23,25,26). The lowest BCUT2D eigenvalue weighted by atomic mass is 10.2. The number of anilines is 1. The number of guanidine groups is 1. The molecule has 2 aromatic rings. The average Bonchev–Trinajstić information content (AvgIpc) is 3.58. The number of hydrogen-bond acceptors (Lipinski definition) is 5. The summed E-state index contributed by atoms with van der Waals surface area (Å²) in [7, 11) is 0. The number of aromatic nitrogens is 1. The molecule has 0 saturated heterocycles. The average molecular weight is 396 g/mol. The first-order valence-electron chi connectivity index (χ1n) is 10.3. The van der Waals surface area contributed by atoms with E-state index in [1.54, 1.807) is 0 Å². The van der Waals surface area contributed by atoms with Crippen molar-refractivity contribution in [2.24, 2.45) is 10.9 Å². The van der Waals surface area contributed by atoms with Gasteiger partial charge in [0.2, 0.25) is 5.88 Å². The fourth-order valence-corrected chi connectivity index (χ4v) is 2.93. The molecule has 0 unspecified atom stereocenters. The summed E-state index contributed by atoms with van der Waals surface area (Å²) in [6.45, 7) is 5.45. The molecular weight excluding hydrogens is 368 g/mol. The summed E-state index contributed by atoms with van der Waals surface area (Å²) in [5, 5.41) is 6.60. The highest BCUT2D eigenvalue weighted by atomic mass is 16.5. The Labute approximate surface area is 171 Å². The van der Waals surface area contributed by atoms with E-state index in [0.717, 1.165) is 48.2 Å². The Kier molecular flexibility index (Phi) is 6.34. The SMILES string of the molecule is CCNC(=NCc1ccc(OCC2CC2)nc1)Nc1ccc2c(c1)OCCCO2. The fraction of sp³-hybridized carbons (Fsp3) is 0.455. The van der Waals surface area contributed by atoms with Crippen molar-refractivity contribution < 1.29 is 14.2 Å². The van der Waals surface area contributed by atoms with Crippen LogP contribution < -0.4 is 24.8 Å². The zero-order valence-electron chi connectivity index (χ0n) is 16.8. The van der Waals surface area contributed by atoms with E-state index in [-0.39, 0.29) is 0 Å². The second-order valence-corrected chi connectivity index (χ2v) is 7.29. The van der Waals surface area contributed by atoms with Crippen LogP contribution in [0, 0.1) is 5.92 Å². The van der Waals surface area contributed by atoms with Gasteiger partial charge in [0.15, 0.2) is 17.5 Å². The molecule has 0 radical (unpaired) electrons. The zero-order valence-corrected chi connectivity index (χ0v) is 16.8. The highest BCUT2D eigenvalue weighted by Crippen LogP contribution is 2.32. The van der Waals surface area contributed by atoms with E-state index < -0.39 is 0 Å². The maximum atomic E-state index is 5.76. The number of ether oxygens (including phenoxy) is 3. The summed E-state index contributed by atoms with van der Waals surface area (Å²) < 4.78 is 17.1. The minimum Gasteiger partial charge on any atom is -0.490 e. The first kappa shape index (κ1) is 19.4. The predicted molar refractivity (Wildman–Crippen MR) is 113 cm³/mol. The molecule has 4 rings (SSSR count). The summed E-state index contributed by atoms with van der Waals surface area (Å²) in [6.07, 6.45) is 5.26. The lowest BCUT2D eigenvalue weighted by Gasteiger charge is -2.13. The predicted octanol–water partition coefficient (Wildman–Crippen LogP) is 3.61. The van der Waals surface area contributed by atoms with Crippen LogP contribution in [0.2, 0.25) is 0 Å². The molecular formula is C22H28N4O3. The van der Waals surface area contributed by atoms with Crippen molar-refractivity contribution in [1.82, 2.24) is 10.3 Å². The molecule has 1 fully saturated rings. The van der Waals surface area contributed by atoms with E-state index in [2.05, 4.69) is 20.6 Å². The second kappa shape index (κ2) is 9.49. The van der Waals surface area contributed by atoms with Gasteiger partial charge in [0.25, 0.3) is 0 Å². The highest BCUT2D eigenvalue weighted by molar-refractivity contribution is 5.93. The van der Waals surface area contributed by atoms with Crippen molar-refractivity contribution in [3.63, 3.8) is 0 Å². The molecule has 2 heterocycles. The minimum atomic E-state index is 0.524. The van der Waals surface area contributed by atoms with E-state index in [1.165, 1.54) is 12.8 Å². The van der Waals surface area contributed by atoms with Crippen molar-refractivity contribution >= 4 is 11.6 Å². The molecule has 2 aliphatic rings. The third-order valence-electron chi connectivity index (χ3n) is 4.74. The topological polar surface area (TPSA) is 77.0 Å². The molecule has 1 aromatic carbocycles. The van der Waals surface area contributed by atoms with Crippen LogP contribution in [0.1, 0.15) is 31.7 Å². The molecule has 1 aliphatic carbocycles. The number of nitrogens with one attached hydrogen (secondary N) is 2. The maximum Gasteiger partial charge on any atom is 0.213 e. The number of rotatable bonds is 7. The van der Waals surface area contributed by atoms with Crippen LogP contribution in [0.25, 0.3) is 0 Å². The lowest BCUT2D eigenvalue weighted by Crippen LogP contribution is -2.30. The number of aliphatic imine (C=N–C) groups is 1. The van der Waals surface area contributed by atoms with E-state index in [1.807, 2.05) is 43.5 Å². The van der Waals surface area contributed by atoms with Gasteiger partial charge in [0, 0.05) is 37.0 Å². The first-order chi connectivity index (χ1) is 14.3. The number of nitrogens with zero attached hydrogens (tertiary/aromatic N) is 2.